The average molecular weight is 419 g/mol. The SMILES string of the molecule is COc1ccc(N(Cc2ccc(F)cc2)S(=O)(=O)c2ccccc2F)cc1OC. The Morgan fingerprint density at radius 3 is 2.14 bits per heavy atom. The lowest BCUT2D eigenvalue weighted by Crippen LogP contribution is -2.31. The van der Waals surface area contributed by atoms with Gasteiger partial charge in [0.1, 0.15) is 16.5 Å². The first-order chi connectivity index (χ1) is 13.9. The van der Waals surface area contributed by atoms with Gasteiger partial charge in [-0.3, -0.25) is 4.31 Å². The molecule has 0 saturated heterocycles. The normalized spacial score (nSPS) is 11.2. The van der Waals surface area contributed by atoms with Gasteiger partial charge >= 0.3 is 0 Å². The van der Waals surface area contributed by atoms with Crippen LogP contribution in [-0.4, -0.2) is 22.6 Å². The molecule has 0 spiro atoms. The highest BCUT2D eigenvalue weighted by atomic mass is 32.2. The lowest BCUT2D eigenvalue weighted by Gasteiger charge is -2.25. The highest BCUT2D eigenvalue weighted by molar-refractivity contribution is 7.92. The quantitative estimate of drug-likeness (QED) is 0.570. The molecule has 5 nitrogen and oxygen atoms in total. The van der Waals surface area contributed by atoms with Crippen LogP contribution in [0.2, 0.25) is 0 Å². The fourth-order valence-electron chi connectivity index (χ4n) is 2.82. The summed E-state index contributed by atoms with van der Waals surface area (Å²) in [5, 5.41) is 0. The van der Waals surface area contributed by atoms with Crippen molar-refractivity contribution >= 4 is 15.7 Å². The summed E-state index contributed by atoms with van der Waals surface area (Å²) < 4.78 is 65.7. The second kappa shape index (κ2) is 8.48. The van der Waals surface area contributed by atoms with Gasteiger partial charge in [0.05, 0.1) is 26.5 Å². The summed E-state index contributed by atoms with van der Waals surface area (Å²) in [6.45, 7) is -0.133. The molecule has 0 aliphatic heterocycles. The first-order valence-corrected chi connectivity index (χ1v) is 10.0. The molecule has 0 heterocycles. The fraction of sp³-hybridized carbons (Fsp3) is 0.143. The van der Waals surface area contributed by atoms with E-state index in [0.717, 1.165) is 10.4 Å². The Morgan fingerprint density at radius 1 is 0.862 bits per heavy atom. The minimum absolute atomic E-state index is 0.133. The van der Waals surface area contributed by atoms with Crippen molar-refractivity contribution in [3.63, 3.8) is 0 Å². The molecule has 0 amide bonds. The lowest BCUT2D eigenvalue weighted by atomic mass is 10.2. The summed E-state index contributed by atoms with van der Waals surface area (Å²) in [6, 6.07) is 15.1. The third-order valence-corrected chi connectivity index (χ3v) is 6.11. The first kappa shape index (κ1) is 20.6. The van der Waals surface area contributed by atoms with Crippen molar-refractivity contribution in [2.75, 3.05) is 18.5 Å². The van der Waals surface area contributed by atoms with E-state index in [4.69, 9.17) is 9.47 Å². The van der Waals surface area contributed by atoms with Gasteiger partial charge in [0.25, 0.3) is 10.0 Å². The first-order valence-electron chi connectivity index (χ1n) is 8.60. The van der Waals surface area contributed by atoms with E-state index in [1.165, 1.54) is 68.8 Å². The number of nitrogens with zero attached hydrogens (tertiary/aromatic N) is 1. The summed E-state index contributed by atoms with van der Waals surface area (Å²) >= 11 is 0. The van der Waals surface area contributed by atoms with Gasteiger partial charge in [0.2, 0.25) is 0 Å². The second-order valence-electron chi connectivity index (χ2n) is 6.11. The number of anilines is 1. The summed E-state index contributed by atoms with van der Waals surface area (Å²) in [7, 11) is -1.38. The minimum atomic E-state index is -4.27. The van der Waals surface area contributed by atoms with Crippen LogP contribution in [-0.2, 0) is 16.6 Å². The molecule has 0 aliphatic carbocycles. The van der Waals surface area contributed by atoms with Gasteiger partial charge in [0, 0.05) is 6.07 Å². The number of benzene rings is 3. The van der Waals surface area contributed by atoms with Gasteiger partial charge in [-0.25, -0.2) is 17.2 Å². The summed E-state index contributed by atoms with van der Waals surface area (Å²) in [6.07, 6.45) is 0. The molecular formula is C21H19F2NO4S. The average Bonchev–Trinajstić information content (AvgIpc) is 2.72. The zero-order valence-corrected chi connectivity index (χ0v) is 16.6. The molecule has 0 atom stereocenters. The molecule has 152 valence electrons. The van der Waals surface area contributed by atoms with Crippen LogP contribution >= 0.6 is 0 Å². The largest absolute Gasteiger partial charge is 0.493 e. The van der Waals surface area contributed by atoms with Gasteiger partial charge in [-0.2, -0.15) is 0 Å². The maximum absolute atomic E-state index is 14.3. The molecule has 3 aromatic rings. The van der Waals surface area contributed by atoms with Crippen LogP contribution in [0.25, 0.3) is 0 Å². The Balaban J connectivity index is 2.14. The molecule has 3 aromatic carbocycles. The van der Waals surface area contributed by atoms with Crippen molar-refractivity contribution < 1.29 is 26.7 Å². The molecule has 0 fully saturated rings. The molecule has 0 aromatic heterocycles. The van der Waals surface area contributed by atoms with Crippen LogP contribution in [0, 0.1) is 11.6 Å². The van der Waals surface area contributed by atoms with Crippen molar-refractivity contribution in [2.45, 2.75) is 11.4 Å². The fourth-order valence-corrected chi connectivity index (χ4v) is 4.34. The minimum Gasteiger partial charge on any atom is -0.493 e. The highest BCUT2D eigenvalue weighted by Gasteiger charge is 2.28. The van der Waals surface area contributed by atoms with Crippen LogP contribution in [0.15, 0.2) is 71.6 Å². The Kier molecular flexibility index (Phi) is 6.03. The molecule has 0 aliphatic rings. The predicted octanol–water partition coefficient (Wildman–Crippen LogP) is 4.38. The molecule has 29 heavy (non-hydrogen) atoms. The van der Waals surface area contributed by atoms with Crippen LogP contribution in [0.3, 0.4) is 0 Å². The van der Waals surface area contributed by atoms with Crippen molar-refractivity contribution in [1.82, 2.24) is 0 Å². The number of methoxy groups -OCH3 is 2. The number of rotatable bonds is 7. The predicted molar refractivity (Wildman–Crippen MR) is 106 cm³/mol. The van der Waals surface area contributed by atoms with Crippen molar-refractivity contribution in [3.8, 4) is 11.5 Å². The van der Waals surface area contributed by atoms with Crippen LogP contribution in [0.4, 0.5) is 14.5 Å². The van der Waals surface area contributed by atoms with Gasteiger partial charge in [-0.05, 0) is 42.0 Å². The molecule has 0 saturated carbocycles. The second-order valence-corrected chi connectivity index (χ2v) is 7.94. The van der Waals surface area contributed by atoms with E-state index in [1.54, 1.807) is 6.07 Å². The van der Waals surface area contributed by atoms with Crippen LogP contribution < -0.4 is 13.8 Å². The Morgan fingerprint density at radius 2 is 1.52 bits per heavy atom. The van der Waals surface area contributed by atoms with Gasteiger partial charge in [-0.15, -0.1) is 0 Å². The van der Waals surface area contributed by atoms with Crippen LogP contribution in [0.5, 0.6) is 11.5 Å². The number of sulfonamides is 1. The Labute approximate surface area is 168 Å². The number of ether oxygens (including phenoxy) is 2. The van der Waals surface area contributed by atoms with E-state index in [-0.39, 0.29) is 12.2 Å². The van der Waals surface area contributed by atoms with Gasteiger partial charge in [0.15, 0.2) is 11.5 Å². The summed E-state index contributed by atoms with van der Waals surface area (Å²) in [5.74, 6) is -0.570. The molecule has 0 bridgehead atoms. The van der Waals surface area contributed by atoms with E-state index in [2.05, 4.69) is 0 Å². The molecule has 8 heteroatoms. The van der Waals surface area contributed by atoms with Gasteiger partial charge in [-0.1, -0.05) is 24.3 Å². The van der Waals surface area contributed by atoms with Gasteiger partial charge < -0.3 is 9.47 Å². The zero-order chi connectivity index (χ0) is 21.0. The Hall–Kier alpha value is -3.13. The van der Waals surface area contributed by atoms with E-state index in [0.29, 0.717) is 17.1 Å². The number of hydrogen-bond acceptors (Lipinski definition) is 4. The van der Waals surface area contributed by atoms with Crippen molar-refractivity contribution in [2.24, 2.45) is 0 Å². The summed E-state index contributed by atoms with van der Waals surface area (Å²) in [4.78, 5) is -0.461. The van der Waals surface area contributed by atoms with Crippen LogP contribution in [0.1, 0.15) is 5.56 Å². The molecule has 0 unspecified atom stereocenters. The zero-order valence-electron chi connectivity index (χ0n) is 15.8. The van der Waals surface area contributed by atoms with E-state index in [9.17, 15) is 17.2 Å². The lowest BCUT2D eigenvalue weighted by molar-refractivity contribution is 0.355. The monoisotopic (exact) mass is 419 g/mol. The van der Waals surface area contributed by atoms with E-state index >= 15 is 0 Å². The topological polar surface area (TPSA) is 55.8 Å². The standard InChI is InChI=1S/C21H19F2NO4S/c1-27-19-12-11-17(13-20(19)28-2)24(14-15-7-9-16(22)10-8-15)29(25,26)21-6-4-3-5-18(21)23/h3-13H,14H2,1-2H3. The molecule has 0 N–H and O–H groups in total. The third-order valence-electron chi connectivity index (χ3n) is 4.30. The van der Waals surface area contributed by atoms with E-state index in [1.807, 2.05) is 0 Å². The number of hydrogen-bond donors (Lipinski definition) is 0. The summed E-state index contributed by atoms with van der Waals surface area (Å²) in [5.41, 5.74) is 0.774. The smallest absolute Gasteiger partial charge is 0.267 e. The maximum atomic E-state index is 14.3. The van der Waals surface area contributed by atoms with Crippen molar-refractivity contribution in [3.05, 3.63) is 83.9 Å². The molecular weight excluding hydrogens is 400 g/mol. The third kappa shape index (κ3) is 4.32. The van der Waals surface area contributed by atoms with Crippen molar-refractivity contribution in [1.29, 1.82) is 0 Å². The molecule has 3 rings (SSSR count). The maximum Gasteiger partial charge on any atom is 0.267 e. The Bertz CT molecular complexity index is 1100. The van der Waals surface area contributed by atoms with E-state index < -0.39 is 26.6 Å². The highest BCUT2D eigenvalue weighted by Crippen LogP contribution is 2.35. The number of halogens is 2. The molecule has 0 radical (unpaired) electrons.